The Morgan fingerprint density at radius 3 is 3.05 bits per heavy atom. The molecule has 0 radical (unpaired) electrons. The van der Waals surface area contributed by atoms with Crippen LogP contribution in [0.1, 0.15) is 24.2 Å². The first-order valence-electron chi connectivity index (χ1n) is 7.34. The lowest BCUT2D eigenvalue weighted by molar-refractivity contribution is -0.0505. The average molecular weight is 293 g/mol. The number of rotatable bonds is 6. The lowest BCUT2D eigenvalue weighted by atomic mass is 10.2. The normalized spacial score (nSPS) is 19.7. The second kappa shape index (κ2) is 7.43. The summed E-state index contributed by atoms with van der Waals surface area (Å²) in [5.74, 6) is 0.258. The molecule has 0 bridgehead atoms. The molecule has 0 aromatic heterocycles. The number of morpholine rings is 1. The van der Waals surface area contributed by atoms with Crippen molar-refractivity contribution in [2.45, 2.75) is 20.0 Å². The highest BCUT2D eigenvalue weighted by Crippen LogP contribution is 2.15. The smallest absolute Gasteiger partial charge is 0.335 e. The molecule has 0 amide bonds. The van der Waals surface area contributed by atoms with Crippen LogP contribution in [0, 0.1) is 5.92 Å². The highest BCUT2D eigenvalue weighted by atomic mass is 16.5. The lowest BCUT2D eigenvalue weighted by Gasteiger charge is -2.33. The molecule has 0 aliphatic carbocycles. The average Bonchev–Trinajstić information content (AvgIpc) is 2.45. The SMILES string of the molecule is CC(C)CN1CCOC(COc2cccc(C(=O)O)c2)C1. The first-order valence-corrected chi connectivity index (χ1v) is 7.34. The third-order valence-electron chi connectivity index (χ3n) is 3.36. The molecule has 1 aliphatic rings. The largest absolute Gasteiger partial charge is 0.491 e. The van der Waals surface area contributed by atoms with Gasteiger partial charge in [-0.25, -0.2) is 4.79 Å². The van der Waals surface area contributed by atoms with Crippen LogP contribution >= 0.6 is 0 Å². The summed E-state index contributed by atoms with van der Waals surface area (Å²) in [6, 6.07) is 6.54. The Morgan fingerprint density at radius 2 is 2.33 bits per heavy atom. The maximum Gasteiger partial charge on any atom is 0.335 e. The van der Waals surface area contributed by atoms with Crippen LogP contribution in [0.5, 0.6) is 5.75 Å². The van der Waals surface area contributed by atoms with Crippen LogP contribution in [0.3, 0.4) is 0 Å². The lowest BCUT2D eigenvalue weighted by Crippen LogP contribution is -2.46. The fourth-order valence-corrected chi connectivity index (χ4v) is 2.47. The van der Waals surface area contributed by atoms with Gasteiger partial charge in [0.15, 0.2) is 0 Å². The van der Waals surface area contributed by atoms with Crippen molar-refractivity contribution in [3.05, 3.63) is 29.8 Å². The molecule has 1 N–H and O–H groups in total. The Balaban J connectivity index is 1.85. The van der Waals surface area contributed by atoms with Gasteiger partial charge in [0.1, 0.15) is 18.5 Å². The van der Waals surface area contributed by atoms with Crippen molar-refractivity contribution in [3.63, 3.8) is 0 Å². The third kappa shape index (κ3) is 5.02. The zero-order chi connectivity index (χ0) is 15.2. The second-order valence-electron chi connectivity index (χ2n) is 5.79. The van der Waals surface area contributed by atoms with Crippen molar-refractivity contribution in [2.75, 3.05) is 32.8 Å². The van der Waals surface area contributed by atoms with Crippen molar-refractivity contribution in [2.24, 2.45) is 5.92 Å². The number of nitrogens with zero attached hydrogens (tertiary/aromatic N) is 1. The zero-order valence-electron chi connectivity index (χ0n) is 12.6. The highest BCUT2D eigenvalue weighted by molar-refractivity contribution is 5.87. The number of carboxylic acids is 1. The van der Waals surface area contributed by atoms with E-state index in [1.165, 1.54) is 6.07 Å². The van der Waals surface area contributed by atoms with Crippen LogP contribution < -0.4 is 4.74 Å². The highest BCUT2D eigenvalue weighted by Gasteiger charge is 2.21. The summed E-state index contributed by atoms with van der Waals surface area (Å²) in [5, 5.41) is 8.96. The fourth-order valence-electron chi connectivity index (χ4n) is 2.47. The van der Waals surface area contributed by atoms with E-state index in [-0.39, 0.29) is 11.7 Å². The third-order valence-corrected chi connectivity index (χ3v) is 3.36. The van der Waals surface area contributed by atoms with Crippen molar-refractivity contribution < 1.29 is 19.4 Å². The molecule has 1 saturated heterocycles. The van der Waals surface area contributed by atoms with E-state index in [0.717, 1.165) is 26.2 Å². The minimum Gasteiger partial charge on any atom is -0.491 e. The molecule has 5 heteroatoms. The minimum atomic E-state index is -0.947. The van der Waals surface area contributed by atoms with E-state index in [0.29, 0.717) is 18.3 Å². The summed E-state index contributed by atoms with van der Waals surface area (Å²) < 4.78 is 11.4. The van der Waals surface area contributed by atoms with Crippen molar-refractivity contribution >= 4 is 5.97 Å². The predicted molar refractivity (Wildman–Crippen MR) is 79.9 cm³/mol. The topological polar surface area (TPSA) is 59.0 Å². The van der Waals surface area contributed by atoms with Crippen molar-refractivity contribution in [1.82, 2.24) is 4.90 Å². The van der Waals surface area contributed by atoms with Gasteiger partial charge in [0.25, 0.3) is 0 Å². The van der Waals surface area contributed by atoms with Crippen LogP contribution in [0.25, 0.3) is 0 Å². The second-order valence-corrected chi connectivity index (χ2v) is 5.79. The first-order chi connectivity index (χ1) is 10.0. The standard InChI is InChI=1S/C16H23NO4/c1-12(2)9-17-6-7-20-15(10-17)11-21-14-5-3-4-13(8-14)16(18)19/h3-5,8,12,15H,6-7,9-11H2,1-2H3,(H,18,19). The minimum absolute atomic E-state index is 0.0333. The molecule has 2 rings (SSSR count). The Hall–Kier alpha value is -1.59. The van der Waals surface area contributed by atoms with Gasteiger partial charge in [-0.05, 0) is 24.1 Å². The Morgan fingerprint density at radius 1 is 1.52 bits per heavy atom. The Labute approximate surface area is 125 Å². The quantitative estimate of drug-likeness (QED) is 0.870. The molecular weight excluding hydrogens is 270 g/mol. The number of hydrogen-bond acceptors (Lipinski definition) is 4. The molecular formula is C16H23NO4. The van der Waals surface area contributed by atoms with Gasteiger partial charge in [-0.1, -0.05) is 19.9 Å². The van der Waals surface area contributed by atoms with E-state index in [4.69, 9.17) is 14.6 Å². The van der Waals surface area contributed by atoms with E-state index in [9.17, 15) is 4.79 Å². The number of carbonyl (C=O) groups is 1. The summed E-state index contributed by atoms with van der Waals surface area (Å²) in [6.07, 6.45) is 0.0333. The Kier molecular flexibility index (Phi) is 5.59. The van der Waals surface area contributed by atoms with E-state index >= 15 is 0 Å². The van der Waals surface area contributed by atoms with Gasteiger partial charge < -0.3 is 14.6 Å². The summed E-state index contributed by atoms with van der Waals surface area (Å²) in [6.45, 7) is 8.46. The summed E-state index contributed by atoms with van der Waals surface area (Å²) >= 11 is 0. The molecule has 1 aliphatic heterocycles. The van der Waals surface area contributed by atoms with Gasteiger partial charge in [0.05, 0.1) is 12.2 Å². The van der Waals surface area contributed by atoms with E-state index in [1.54, 1.807) is 18.2 Å². The number of aromatic carboxylic acids is 1. The molecule has 1 aromatic rings. The molecule has 0 saturated carbocycles. The van der Waals surface area contributed by atoms with Crippen LogP contribution in [0.15, 0.2) is 24.3 Å². The van der Waals surface area contributed by atoms with Gasteiger partial charge in [-0.3, -0.25) is 4.90 Å². The first kappa shape index (κ1) is 15.8. The van der Waals surface area contributed by atoms with Gasteiger partial charge in [-0.15, -0.1) is 0 Å². The number of benzene rings is 1. The van der Waals surface area contributed by atoms with E-state index in [1.807, 2.05) is 0 Å². The molecule has 1 heterocycles. The molecule has 0 spiro atoms. The Bertz CT molecular complexity index is 475. The van der Waals surface area contributed by atoms with Gasteiger partial charge in [0, 0.05) is 19.6 Å². The molecule has 1 unspecified atom stereocenters. The summed E-state index contributed by atoms with van der Waals surface area (Å²) in [7, 11) is 0. The van der Waals surface area contributed by atoms with Crippen LogP contribution in [0.2, 0.25) is 0 Å². The maximum atomic E-state index is 10.9. The molecule has 116 valence electrons. The fraction of sp³-hybridized carbons (Fsp3) is 0.562. The van der Waals surface area contributed by atoms with Crippen molar-refractivity contribution in [1.29, 1.82) is 0 Å². The van der Waals surface area contributed by atoms with Gasteiger partial charge >= 0.3 is 5.97 Å². The molecule has 1 aromatic carbocycles. The maximum absolute atomic E-state index is 10.9. The predicted octanol–water partition coefficient (Wildman–Crippen LogP) is 2.12. The summed E-state index contributed by atoms with van der Waals surface area (Å²) in [5.41, 5.74) is 0.235. The zero-order valence-corrected chi connectivity index (χ0v) is 12.6. The number of ether oxygens (including phenoxy) is 2. The van der Waals surface area contributed by atoms with E-state index in [2.05, 4.69) is 18.7 Å². The molecule has 5 nitrogen and oxygen atoms in total. The monoisotopic (exact) mass is 293 g/mol. The molecule has 1 fully saturated rings. The van der Waals surface area contributed by atoms with E-state index < -0.39 is 5.97 Å². The van der Waals surface area contributed by atoms with Gasteiger partial charge in [0.2, 0.25) is 0 Å². The van der Waals surface area contributed by atoms with Crippen LogP contribution in [0.4, 0.5) is 0 Å². The van der Waals surface area contributed by atoms with Gasteiger partial charge in [-0.2, -0.15) is 0 Å². The number of carboxylic acid groups (broad SMARTS) is 1. The van der Waals surface area contributed by atoms with Crippen LogP contribution in [-0.2, 0) is 4.74 Å². The van der Waals surface area contributed by atoms with Crippen LogP contribution in [-0.4, -0.2) is 54.9 Å². The number of hydrogen-bond donors (Lipinski definition) is 1. The molecule has 21 heavy (non-hydrogen) atoms. The van der Waals surface area contributed by atoms with Crippen molar-refractivity contribution in [3.8, 4) is 5.75 Å². The molecule has 1 atom stereocenters. The summed E-state index contributed by atoms with van der Waals surface area (Å²) in [4.78, 5) is 13.3.